The molecule has 0 bridgehead atoms. The Morgan fingerprint density at radius 3 is 1.59 bits per heavy atom. The summed E-state index contributed by atoms with van der Waals surface area (Å²) in [6.45, 7) is 12.4. The lowest BCUT2D eigenvalue weighted by molar-refractivity contribution is -0.151. The van der Waals surface area contributed by atoms with Gasteiger partial charge in [0.25, 0.3) is 0 Å². The Morgan fingerprint density at radius 2 is 1.09 bits per heavy atom. The highest BCUT2D eigenvalue weighted by atomic mass is 16.5. The Hall–Kier alpha value is -1.63. The van der Waals surface area contributed by atoms with E-state index in [1.54, 1.807) is 0 Å². The summed E-state index contributed by atoms with van der Waals surface area (Å²) < 4.78 is 5.68. The topological polar surface area (TPSA) is 79.0 Å². The zero-order chi connectivity index (χ0) is 39.1. The summed E-state index contributed by atoms with van der Waals surface area (Å²) in [5, 5.41) is 3.53. The molecule has 0 spiro atoms. The predicted molar refractivity (Wildman–Crippen MR) is 228 cm³/mol. The van der Waals surface area contributed by atoms with E-state index in [-0.39, 0.29) is 48.6 Å². The van der Waals surface area contributed by atoms with Gasteiger partial charge < -0.3 is 19.9 Å². The zero-order valence-corrected chi connectivity index (χ0v) is 36.3. The Labute approximate surface area is 334 Å². The van der Waals surface area contributed by atoms with Crippen LogP contribution in [0.15, 0.2) is 0 Å². The van der Waals surface area contributed by atoms with Crippen LogP contribution in [0, 0.1) is 5.92 Å². The average Bonchev–Trinajstić information content (AvgIpc) is 3.46. The van der Waals surface area contributed by atoms with Gasteiger partial charge in [0.15, 0.2) is 0 Å². The molecule has 1 atom stereocenters. The SMILES string of the molecule is CCCCCCCCCCCCOC(=O)CCC(=O)N(C(CCCCCCC)CCCCCCC)C(C(=O)NC1CCCCCC1)C1CCN(CC)CC1. The molecule has 2 aliphatic rings. The second-order valence-electron chi connectivity index (χ2n) is 17.2. The van der Waals surface area contributed by atoms with E-state index < -0.39 is 6.04 Å². The summed E-state index contributed by atoms with van der Waals surface area (Å²) in [6, 6.07) is -0.256. The van der Waals surface area contributed by atoms with E-state index in [9.17, 15) is 14.4 Å². The fraction of sp³-hybridized carbons (Fsp3) is 0.936. The van der Waals surface area contributed by atoms with Crippen LogP contribution < -0.4 is 5.32 Å². The van der Waals surface area contributed by atoms with Crippen molar-refractivity contribution in [3.05, 3.63) is 0 Å². The Bertz CT molecular complexity index is 914. The molecule has 7 nitrogen and oxygen atoms in total. The van der Waals surface area contributed by atoms with Gasteiger partial charge in [-0.2, -0.15) is 0 Å². The number of carbonyl (C=O) groups excluding carboxylic acids is 3. The van der Waals surface area contributed by atoms with Crippen LogP contribution in [0.3, 0.4) is 0 Å². The first kappa shape index (κ1) is 48.5. The van der Waals surface area contributed by atoms with Gasteiger partial charge in [-0.1, -0.05) is 175 Å². The minimum absolute atomic E-state index is 0.0167. The number of piperidine rings is 1. The molecule has 1 N–H and O–H groups in total. The van der Waals surface area contributed by atoms with Crippen LogP contribution in [-0.2, 0) is 19.1 Å². The van der Waals surface area contributed by atoms with Gasteiger partial charge >= 0.3 is 5.97 Å². The lowest BCUT2D eigenvalue weighted by atomic mass is 9.85. The zero-order valence-electron chi connectivity index (χ0n) is 36.3. The third kappa shape index (κ3) is 21.6. The van der Waals surface area contributed by atoms with Crippen molar-refractivity contribution in [2.24, 2.45) is 5.92 Å². The third-order valence-electron chi connectivity index (χ3n) is 12.6. The molecule has 2 amide bonds. The van der Waals surface area contributed by atoms with Gasteiger partial charge in [-0.15, -0.1) is 0 Å². The molecule has 1 saturated heterocycles. The van der Waals surface area contributed by atoms with Crippen molar-refractivity contribution in [1.29, 1.82) is 0 Å². The molecular weight excluding hydrogens is 671 g/mol. The first-order valence-electron chi connectivity index (χ1n) is 23.9. The summed E-state index contributed by atoms with van der Waals surface area (Å²) in [5.74, 6) is -0.0910. The molecule has 0 aromatic heterocycles. The van der Waals surface area contributed by atoms with Crippen LogP contribution in [0.4, 0.5) is 0 Å². The number of rotatable bonds is 32. The molecular formula is C47H89N3O4. The molecule has 1 heterocycles. The van der Waals surface area contributed by atoms with Crippen LogP contribution in [0.5, 0.6) is 0 Å². The number of nitrogens with zero attached hydrogens (tertiary/aromatic N) is 2. The maximum atomic E-state index is 14.7. The number of carbonyl (C=O) groups is 3. The van der Waals surface area contributed by atoms with Crippen LogP contribution in [0.25, 0.3) is 0 Å². The first-order chi connectivity index (χ1) is 26.4. The van der Waals surface area contributed by atoms with Crippen molar-refractivity contribution in [2.75, 3.05) is 26.2 Å². The number of hydrogen-bond acceptors (Lipinski definition) is 5. The molecule has 2 rings (SSSR count). The van der Waals surface area contributed by atoms with E-state index >= 15 is 0 Å². The van der Waals surface area contributed by atoms with Crippen LogP contribution in [-0.4, -0.2) is 72.0 Å². The van der Waals surface area contributed by atoms with Gasteiger partial charge in [0.05, 0.1) is 13.0 Å². The number of amides is 2. The summed E-state index contributed by atoms with van der Waals surface area (Å²) in [6.07, 6.45) is 35.1. The molecule has 1 unspecified atom stereocenters. The smallest absolute Gasteiger partial charge is 0.306 e. The fourth-order valence-electron chi connectivity index (χ4n) is 9.02. The van der Waals surface area contributed by atoms with E-state index in [4.69, 9.17) is 4.74 Å². The van der Waals surface area contributed by atoms with E-state index in [0.717, 1.165) is 96.7 Å². The number of nitrogens with one attached hydrogen (secondary N) is 1. The van der Waals surface area contributed by atoms with Crippen molar-refractivity contribution in [3.63, 3.8) is 0 Å². The number of hydrogen-bond donors (Lipinski definition) is 1. The summed E-state index contributed by atoms with van der Waals surface area (Å²) in [5.41, 5.74) is 0. The van der Waals surface area contributed by atoms with Crippen LogP contribution in [0.2, 0.25) is 0 Å². The van der Waals surface area contributed by atoms with Gasteiger partial charge in [-0.05, 0) is 70.5 Å². The largest absolute Gasteiger partial charge is 0.466 e. The Balaban J connectivity index is 2.19. The number of likely N-dealkylation sites (tertiary alicyclic amines) is 1. The minimum Gasteiger partial charge on any atom is -0.466 e. The van der Waals surface area contributed by atoms with E-state index in [2.05, 4.69) is 42.8 Å². The molecule has 7 heteroatoms. The number of esters is 1. The van der Waals surface area contributed by atoms with Gasteiger partial charge in [-0.3, -0.25) is 14.4 Å². The summed E-state index contributed by atoms with van der Waals surface area (Å²) in [7, 11) is 0. The van der Waals surface area contributed by atoms with Crippen LogP contribution >= 0.6 is 0 Å². The molecule has 316 valence electrons. The van der Waals surface area contributed by atoms with Gasteiger partial charge in [0, 0.05) is 18.5 Å². The fourth-order valence-corrected chi connectivity index (χ4v) is 9.02. The second kappa shape index (κ2) is 32.5. The van der Waals surface area contributed by atoms with E-state index in [1.165, 1.54) is 116 Å². The molecule has 0 aromatic rings. The molecule has 1 aliphatic carbocycles. The monoisotopic (exact) mass is 760 g/mol. The van der Waals surface area contributed by atoms with Gasteiger partial charge in [-0.25, -0.2) is 0 Å². The Morgan fingerprint density at radius 1 is 0.611 bits per heavy atom. The van der Waals surface area contributed by atoms with E-state index in [1.807, 2.05) is 0 Å². The maximum absolute atomic E-state index is 14.7. The number of ether oxygens (including phenoxy) is 1. The highest BCUT2D eigenvalue weighted by Gasteiger charge is 2.41. The first-order valence-corrected chi connectivity index (χ1v) is 23.9. The van der Waals surface area contributed by atoms with Gasteiger partial charge in [0.1, 0.15) is 6.04 Å². The normalized spacial score (nSPS) is 16.7. The molecule has 1 saturated carbocycles. The molecule has 0 aromatic carbocycles. The summed E-state index contributed by atoms with van der Waals surface area (Å²) in [4.78, 5) is 47.0. The summed E-state index contributed by atoms with van der Waals surface area (Å²) >= 11 is 0. The van der Waals surface area contributed by atoms with Crippen molar-refractivity contribution >= 4 is 17.8 Å². The number of unbranched alkanes of at least 4 members (excludes halogenated alkanes) is 17. The molecule has 54 heavy (non-hydrogen) atoms. The lowest BCUT2D eigenvalue weighted by Crippen LogP contribution is -2.59. The average molecular weight is 760 g/mol. The van der Waals surface area contributed by atoms with Gasteiger partial charge in [0.2, 0.25) is 11.8 Å². The molecule has 0 radical (unpaired) electrons. The third-order valence-corrected chi connectivity index (χ3v) is 12.6. The maximum Gasteiger partial charge on any atom is 0.306 e. The van der Waals surface area contributed by atoms with Crippen molar-refractivity contribution in [2.45, 2.75) is 251 Å². The van der Waals surface area contributed by atoms with Crippen molar-refractivity contribution < 1.29 is 19.1 Å². The quantitative estimate of drug-likeness (QED) is 0.0420. The predicted octanol–water partition coefficient (Wildman–Crippen LogP) is 12.1. The highest BCUT2D eigenvalue weighted by Crippen LogP contribution is 2.31. The van der Waals surface area contributed by atoms with E-state index in [0.29, 0.717) is 6.61 Å². The van der Waals surface area contributed by atoms with Crippen molar-refractivity contribution in [1.82, 2.24) is 15.1 Å². The standard InChI is InChI=1S/C47H89N3O4/c1-5-9-12-15-16-17-18-19-24-29-40-54-45(52)35-34-44(51)50(43(32-27-20-13-10-6-2)33-28-21-14-11-7-3)46(41-36-38-49(8-4)39-37-41)47(53)48-42-30-25-22-23-26-31-42/h41-43,46H,5-40H2,1-4H3,(H,48,53). The molecule has 1 aliphatic heterocycles. The van der Waals surface area contributed by atoms with Crippen molar-refractivity contribution in [3.8, 4) is 0 Å². The Kier molecular flexibility index (Phi) is 29.2. The molecule has 2 fully saturated rings. The lowest BCUT2D eigenvalue weighted by Gasteiger charge is -2.44. The minimum atomic E-state index is -0.473. The second-order valence-corrected chi connectivity index (χ2v) is 17.2. The highest BCUT2D eigenvalue weighted by molar-refractivity contribution is 5.89. The van der Waals surface area contributed by atoms with Crippen LogP contribution in [0.1, 0.15) is 233 Å².